The average Bonchev–Trinajstić information content (AvgIpc) is 2.89. The number of hydrogen-bond acceptors (Lipinski definition) is 2. The molecule has 0 aromatic rings. The summed E-state index contributed by atoms with van der Waals surface area (Å²) in [5, 5.41) is 3.15. The van der Waals surface area contributed by atoms with Crippen LogP contribution in [0.15, 0.2) is 0 Å². The van der Waals surface area contributed by atoms with E-state index in [1.807, 2.05) is 0 Å². The van der Waals surface area contributed by atoms with Gasteiger partial charge in [0.1, 0.15) is 0 Å². The second-order valence-corrected chi connectivity index (χ2v) is 11.3. The van der Waals surface area contributed by atoms with Crippen LogP contribution in [-0.2, 0) is 4.79 Å². The maximum absolute atomic E-state index is 12.1. The first-order valence-corrected chi connectivity index (χ1v) is 16.7. The molecule has 0 aliphatic rings. The third kappa shape index (κ3) is 28.0. The van der Waals surface area contributed by atoms with Gasteiger partial charge in [-0.25, -0.2) is 0 Å². The Balaban J connectivity index is 3.35. The summed E-state index contributed by atoms with van der Waals surface area (Å²) < 4.78 is 0. The molecule has 0 heterocycles. The van der Waals surface area contributed by atoms with E-state index in [-0.39, 0.29) is 5.91 Å². The van der Waals surface area contributed by atoms with Crippen molar-refractivity contribution in [2.75, 3.05) is 26.2 Å². The SMILES string of the molecule is CCCCCCCCCCCCCCCCCC(=O)NCCCN(CC)CCCCCCCCCC. The summed E-state index contributed by atoms with van der Waals surface area (Å²) >= 11 is 0. The predicted molar refractivity (Wildman–Crippen MR) is 162 cm³/mol. The number of carbonyl (C=O) groups is 1. The van der Waals surface area contributed by atoms with E-state index in [0.29, 0.717) is 6.42 Å². The zero-order valence-corrected chi connectivity index (χ0v) is 25.4. The fraction of sp³-hybridized carbons (Fsp3) is 0.970. The second kappa shape index (κ2) is 30.7. The van der Waals surface area contributed by atoms with Gasteiger partial charge in [0.2, 0.25) is 5.91 Å². The summed E-state index contributed by atoms with van der Waals surface area (Å²) in [6, 6.07) is 0. The Bertz CT molecular complexity index is 426. The molecule has 0 aliphatic carbocycles. The van der Waals surface area contributed by atoms with Gasteiger partial charge in [-0.1, -0.05) is 156 Å². The first-order chi connectivity index (χ1) is 17.7. The van der Waals surface area contributed by atoms with E-state index in [4.69, 9.17) is 0 Å². The average molecular weight is 509 g/mol. The summed E-state index contributed by atoms with van der Waals surface area (Å²) in [5.74, 6) is 0.260. The number of hydrogen-bond donors (Lipinski definition) is 1. The first kappa shape index (κ1) is 35.4. The number of nitrogens with one attached hydrogen (secondary N) is 1. The van der Waals surface area contributed by atoms with Crippen molar-refractivity contribution in [3.8, 4) is 0 Å². The van der Waals surface area contributed by atoms with Crippen LogP contribution in [0.4, 0.5) is 0 Å². The summed E-state index contributed by atoms with van der Waals surface area (Å²) in [6.07, 6.45) is 33.5. The zero-order chi connectivity index (χ0) is 26.4. The van der Waals surface area contributed by atoms with Gasteiger partial charge in [0.05, 0.1) is 0 Å². The van der Waals surface area contributed by atoms with Crippen LogP contribution in [0.25, 0.3) is 0 Å². The summed E-state index contributed by atoms with van der Waals surface area (Å²) in [4.78, 5) is 14.7. The van der Waals surface area contributed by atoms with Gasteiger partial charge in [0, 0.05) is 13.0 Å². The zero-order valence-electron chi connectivity index (χ0n) is 25.4. The molecule has 0 aromatic carbocycles. The van der Waals surface area contributed by atoms with Gasteiger partial charge in [0.25, 0.3) is 0 Å². The van der Waals surface area contributed by atoms with Crippen molar-refractivity contribution in [2.45, 2.75) is 181 Å². The Morgan fingerprint density at radius 3 is 1.25 bits per heavy atom. The van der Waals surface area contributed by atoms with E-state index in [1.165, 1.54) is 148 Å². The van der Waals surface area contributed by atoms with Crippen molar-refractivity contribution in [3.63, 3.8) is 0 Å². The second-order valence-electron chi connectivity index (χ2n) is 11.3. The molecule has 0 fully saturated rings. The molecule has 0 aliphatic heterocycles. The highest BCUT2D eigenvalue weighted by molar-refractivity contribution is 5.75. The fourth-order valence-electron chi connectivity index (χ4n) is 5.17. The number of nitrogens with zero attached hydrogens (tertiary/aromatic N) is 1. The Morgan fingerprint density at radius 2 is 0.833 bits per heavy atom. The lowest BCUT2D eigenvalue weighted by atomic mass is 10.0. The number of unbranched alkanes of at least 4 members (excludes halogenated alkanes) is 21. The van der Waals surface area contributed by atoms with Crippen molar-refractivity contribution in [1.82, 2.24) is 10.2 Å². The normalized spacial score (nSPS) is 11.4. The van der Waals surface area contributed by atoms with E-state index >= 15 is 0 Å². The monoisotopic (exact) mass is 509 g/mol. The van der Waals surface area contributed by atoms with E-state index in [9.17, 15) is 4.79 Å². The highest BCUT2D eigenvalue weighted by Gasteiger charge is 2.04. The van der Waals surface area contributed by atoms with Crippen molar-refractivity contribution in [1.29, 1.82) is 0 Å². The van der Waals surface area contributed by atoms with Crippen molar-refractivity contribution < 1.29 is 4.79 Å². The molecule has 1 amide bonds. The third-order valence-electron chi connectivity index (χ3n) is 7.76. The molecular formula is C33H68N2O. The molecule has 36 heavy (non-hydrogen) atoms. The Labute approximate surface area is 228 Å². The Kier molecular flexibility index (Phi) is 30.2. The van der Waals surface area contributed by atoms with E-state index < -0.39 is 0 Å². The Hall–Kier alpha value is -0.570. The van der Waals surface area contributed by atoms with E-state index in [1.54, 1.807) is 0 Å². The number of rotatable bonds is 30. The first-order valence-electron chi connectivity index (χ1n) is 16.7. The van der Waals surface area contributed by atoms with Crippen LogP contribution >= 0.6 is 0 Å². The molecule has 0 unspecified atom stereocenters. The van der Waals surface area contributed by atoms with Crippen molar-refractivity contribution >= 4 is 5.91 Å². The third-order valence-corrected chi connectivity index (χ3v) is 7.76. The minimum Gasteiger partial charge on any atom is -0.356 e. The molecule has 0 rings (SSSR count). The lowest BCUT2D eigenvalue weighted by Crippen LogP contribution is -2.30. The molecule has 0 saturated carbocycles. The van der Waals surface area contributed by atoms with Crippen LogP contribution in [0.1, 0.15) is 181 Å². The van der Waals surface area contributed by atoms with Crippen molar-refractivity contribution in [2.24, 2.45) is 0 Å². The van der Waals surface area contributed by atoms with Gasteiger partial charge in [-0.2, -0.15) is 0 Å². The largest absolute Gasteiger partial charge is 0.356 e. The van der Waals surface area contributed by atoms with Gasteiger partial charge in [-0.3, -0.25) is 4.79 Å². The van der Waals surface area contributed by atoms with Crippen LogP contribution in [0.2, 0.25) is 0 Å². The molecule has 0 radical (unpaired) electrons. The van der Waals surface area contributed by atoms with Crippen LogP contribution in [0, 0.1) is 0 Å². The minimum absolute atomic E-state index is 0.260. The minimum atomic E-state index is 0.260. The summed E-state index contributed by atoms with van der Waals surface area (Å²) in [7, 11) is 0. The van der Waals surface area contributed by atoms with Crippen LogP contribution in [0.3, 0.4) is 0 Å². The fourth-order valence-corrected chi connectivity index (χ4v) is 5.17. The molecular weight excluding hydrogens is 440 g/mol. The number of amides is 1. The molecule has 0 saturated heterocycles. The van der Waals surface area contributed by atoms with Crippen LogP contribution in [0.5, 0.6) is 0 Å². The smallest absolute Gasteiger partial charge is 0.219 e. The molecule has 3 nitrogen and oxygen atoms in total. The van der Waals surface area contributed by atoms with Gasteiger partial charge in [-0.05, 0) is 38.9 Å². The lowest BCUT2D eigenvalue weighted by Gasteiger charge is -2.20. The molecule has 216 valence electrons. The quantitative estimate of drug-likeness (QED) is 0.0978. The standard InChI is InChI=1S/C33H68N2O/c1-4-7-9-11-13-15-16-17-18-19-20-21-22-24-26-29-33(36)34-30-28-32-35(6-3)31-27-25-23-14-12-10-8-5-2/h4-32H2,1-3H3,(H,34,36). The molecule has 0 bridgehead atoms. The highest BCUT2D eigenvalue weighted by atomic mass is 16.1. The van der Waals surface area contributed by atoms with Gasteiger partial charge < -0.3 is 10.2 Å². The summed E-state index contributed by atoms with van der Waals surface area (Å²) in [6.45, 7) is 11.1. The van der Waals surface area contributed by atoms with Crippen LogP contribution < -0.4 is 5.32 Å². The number of carbonyl (C=O) groups excluding carboxylic acids is 1. The molecule has 0 spiro atoms. The lowest BCUT2D eigenvalue weighted by molar-refractivity contribution is -0.121. The van der Waals surface area contributed by atoms with Crippen LogP contribution in [-0.4, -0.2) is 37.0 Å². The van der Waals surface area contributed by atoms with Gasteiger partial charge >= 0.3 is 0 Å². The molecule has 0 atom stereocenters. The Morgan fingerprint density at radius 1 is 0.472 bits per heavy atom. The molecule has 1 N–H and O–H groups in total. The van der Waals surface area contributed by atoms with Gasteiger partial charge in [-0.15, -0.1) is 0 Å². The van der Waals surface area contributed by atoms with E-state index in [0.717, 1.165) is 32.5 Å². The van der Waals surface area contributed by atoms with E-state index in [2.05, 4.69) is 31.0 Å². The molecule has 0 aromatic heterocycles. The maximum Gasteiger partial charge on any atom is 0.219 e. The van der Waals surface area contributed by atoms with Crippen molar-refractivity contribution in [3.05, 3.63) is 0 Å². The topological polar surface area (TPSA) is 32.3 Å². The van der Waals surface area contributed by atoms with Gasteiger partial charge in [0.15, 0.2) is 0 Å². The predicted octanol–water partition coefficient (Wildman–Crippen LogP) is 10.2. The summed E-state index contributed by atoms with van der Waals surface area (Å²) in [5.41, 5.74) is 0. The highest BCUT2D eigenvalue weighted by Crippen LogP contribution is 2.14. The molecule has 3 heteroatoms. The maximum atomic E-state index is 12.1.